The Kier molecular flexibility index (Phi) is 6.84. The molecule has 0 aromatic heterocycles. The van der Waals surface area contributed by atoms with Crippen molar-refractivity contribution in [2.24, 2.45) is 0 Å². The number of amides is 2. The normalized spacial score (nSPS) is 12.1. The Hall–Kier alpha value is -2.01. The van der Waals surface area contributed by atoms with Gasteiger partial charge in [-0.2, -0.15) is 0 Å². The second-order valence-electron chi connectivity index (χ2n) is 7.11. The first kappa shape index (κ1) is 20.0. The quantitative estimate of drug-likeness (QED) is 0.792. The molecule has 1 aromatic carbocycles. The summed E-state index contributed by atoms with van der Waals surface area (Å²) in [4.78, 5) is 23.7. The predicted octanol–water partition coefficient (Wildman–Crippen LogP) is 3.77. The van der Waals surface area contributed by atoms with Crippen LogP contribution in [0.15, 0.2) is 30.3 Å². The smallest absolute Gasteiger partial charge is 0.407 e. The summed E-state index contributed by atoms with van der Waals surface area (Å²) in [5.41, 5.74) is -0.295. The van der Waals surface area contributed by atoms with Crippen molar-refractivity contribution >= 4 is 29.7 Å². The fraction of sp³-hybridized carbons (Fsp3) is 0.444. The summed E-state index contributed by atoms with van der Waals surface area (Å²) in [6.07, 6.45) is 2.63. The van der Waals surface area contributed by atoms with Gasteiger partial charge in [-0.15, -0.1) is 0 Å². The second kappa shape index (κ2) is 8.20. The highest BCUT2D eigenvalue weighted by molar-refractivity contribution is 6.30. The van der Waals surface area contributed by atoms with Crippen molar-refractivity contribution in [3.05, 3.63) is 40.9 Å². The predicted molar refractivity (Wildman–Crippen MR) is 96.9 cm³/mol. The number of hydrogen-bond donors (Lipinski definition) is 2. The van der Waals surface area contributed by atoms with E-state index in [4.69, 9.17) is 16.3 Å². The van der Waals surface area contributed by atoms with Crippen molar-refractivity contribution in [2.75, 3.05) is 6.54 Å². The van der Waals surface area contributed by atoms with E-state index in [0.717, 1.165) is 5.56 Å². The topological polar surface area (TPSA) is 67.4 Å². The molecule has 24 heavy (non-hydrogen) atoms. The van der Waals surface area contributed by atoms with E-state index in [1.807, 2.05) is 26.0 Å². The second-order valence-corrected chi connectivity index (χ2v) is 7.55. The van der Waals surface area contributed by atoms with Crippen molar-refractivity contribution in [3.63, 3.8) is 0 Å². The van der Waals surface area contributed by atoms with Crippen LogP contribution in [0.1, 0.15) is 40.2 Å². The third-order valence-electron chi connectivity index (χ3n) is 2.83. The molecule has 0 radical (unpaired) electrons. The lowest BCUT2D eigenvalue weighted by Crippen LogP contribution is -2.51. The first-order valence-corrected chi connectivity index (χ1v) is 8.07. The summed E-state index contributed by atoms with van der Waals surface area (Å²) < 4.78 is 5.17. The number of hydrogen-bond acceptors (Lipinski definition) is 3. The van der Waals surface area contributed by atoms with E-state index in [2.05, 4.69) is 10.6 Å². The van der Waals surface area contributed by atoms with Crippen LogP contribution in [-0.2, 0) is 9.53 Å². The maximum Gasteiger partial charge on any atom is 0.407 e. The highest BCUT2D eigenvalue weighted by Gasteiger charge is 2.22. The number of rotatable bonds is 5. The van der Waals surface area contributed by atoms with Crippen LogP contribution in [-0.4, -0.2) is 29.7 Å². The highest BCUT2D eigenvalue weighted by Crippen LogP contribution is 2.11. The molecular weight excluding hydrogens is 328 g/mol. The van der Waals surface area contributed by atoms with Crippen LogP contribution in [0.2, 0.25) is 5.02 Å². The first-order chi connectivity index (χ1) is 11.0. The minimum Gasteiger partial charge on any atom is -0.444 e. The van der Waals surface area contributed by atoms with Gasteiger partial charge in [0.2, 0.25) is 5.91 Å². The van der Waals surface area contributed by atoms with E-state index in [1.165, 1.54) is 6.08 Å². The SMILES string of the molecule is CC(C)(CNC(=O)OC(C)(C)C)NC(=O)/C=C/c1ccc(Cl)cc1. The van der Waals surface area contributed by atoms with E-state index in [-0.39, 0.29) is 12.5 Å². The Morgan fingerprint density at radius 2 is 1.71 bits per heavy atom. The van der Waals surface area contributed by atoms with Crippen molar-refractivity contribution < 1.29 is 14.3 Å². The maximum atomic E-state index is 12.0. The molecule has 0 saturated carbocycles. The molecule has 0 unspecified atom stereocenters. The summed E-state index contributed by atoms with van der Waals surface area (Å²) in [6.45, 7) is 9.27. The summed E-state index contributed by atoms with van der Waals surface area (Å²) in [6, 6.07) is 7.16. The fourth-order valence-corrected chi connectivity index (χ4v) is 1.90. The molecule has 6 heteroatoms. The molecule has 0 bridgehead atoms. The van der Waals surface area contributed by atoms with Gasteiger partial charge in [0, 0.05) is 17.6 Å². The molecule has 0 atom stereocenters. The van der Waals surface area contributed by atoms with Gasteiger partial charge in [0.1, 0.15) is 5.60 Å². The van der Waals surface area contributed by atoms with E-state index < -0.39 is 17.2 Å². The number of carbonyl (C=O) groups excluding carboxylic acids is 2. The number of ether oxygens (including phenoxy) is 1. The highest BCUT2D eigenvalue weighted by atomic mass is 35.5. The third kappa shape index (κ3) is 8.58. The maximum absolute atomic E-state index is 12.0. The average Bonchev–Trinajstić information content (AvgIpc) is 2.42. The van der Waals surface area contributed by atoms with E-state index in [1.54, 1.807) is 39.0 Å². The molecule has 1 aromatic rings. The lowest BCUT2D eigenvalue weighted by Gasteiger charge is -2.27. The van der Waals surface area contributed by atoms with E-state index in [0.29, 0.717) is 5.02 Å². The van der Waals surface area contributed by atoms with Crippen LogP contribution < -0.4 is 10.6 Å². The van der Waals surface area contributed by atoms with Gasteiger partial charge in [-0.1, -0.05) is 23.7 Å². The van der Waals surface area contributed by atoms with Crippen molar-refractivity contribution in [3.8, 4) is 0 Å². The summed E-state index contributed by atoms with van der Waals surface area (Å²) >= 11 is 5.81. The van der Waals surface area contributed by atoms with Crippen molar-refractivity contribution in [2.45, 2.75) is 45.8 Å². The average molecular weight is 353 g/mol. The summed E-state index contributed by atoms with van der Waals surface area (Å²) in [5.74, 6) is -0.249. The summed E-state index contributed by atoms with van der Waals surface area (Å²) in [7, 11) is 0. The molecule has 5 nitrogen and oxygen atoms in total. The van der Waals surface area contributed by atoms with Crippen LogP contribution in [0.5, 0.6) is 0 Å². The number of alkyl carbamates (subject to hydrolysis) is 1. The zero-order chi connectivity index (χ0) is 18.4. The number of nitrogens with one attached hydrogen (secondary N) is 2. The lowest BCUT2D eigenvalue weighted by molar-refractivity contribution is -0.117. The number of carbonyl (C=O) groups is 2. The van der Waals surface area contributed by atoms with Crippen molar-refractivity contribution in [1.82, 2.24) is 10.6 Å². The van der Waals surface area contributed by atoms with Crippen molar-refractivity contribution in [1.29, 1.82) is 0 Å². The molecule has 2 N–H and O–H groups in total. The van der Waals surface area contributed by atoms with Crippen LogP contribution in [0, 0.1) is 0 Å². The van der Waals surface area contributed by atoms with E-state index >= 15 is 0 Å². The number of benzene rings is 1. The Bertz CT molecular complexity index is 602. The van der Waals surface area contributed by atoms with Gasteiger partial charge in [0.15, 0.2) is 0 Å². The van der Waals surface area contributed by atoms with Gasteiger partial charge in [-0.3, -0.25) is 4.79 Å². The Balaban J connectivity index is 2.49. The molecule has 2 amide bonds. The largest absolute Gasteiger partial charge is 0.444 e. The van der Waals surface area contributed by atoms with Crippen LogP contribution >= 0.6 is 11.6 Å². The minimum atomic E-state index is -0.613. The lowest BCUT2D eigenvalue weighted by atomic mass is 10.1. The molecule has 0 aliphatic rings. The molecule has 0 spiro atoms. The molecule has 132 valence electrons. The molecule has 0 heterocycles. The molecule has 0 aliphatic heterocycles. The Morgan fingerprint density at radius 1 is 1.12 bits per heavy atom. The monoisotopic (exact) mass is 352 g/mol. The molecular formula is C18H25ClN2O3. The van der Waals surface area contributed by atoms with E-state index in [9.17, 15) is 9.59 Å². The zero-order valence-corrected chi connectivity index (χ0v) is 15.5. The van der Waals surface area contributed by atoms with Gasteiger partial charge in [-0.05, 0) is 58.4 Å². The summed E-state index contributed by atoms with van der Waals surface area (Å²) in [5, 5.41) is 6.13. The van der Waals surface area contributed by atoms with Gasteiger partial charge in [0.05, 0.1) is 5.54 Å². The van der Waals surface area contributed by atoms with Gasteiger partial charge < -0.3 is 15.4 Å². The third-order valence-corrected chi connectivity index (χ3v) is 3.08. The first-order valence-electron chi connectivity index (χ1n) is 7.69. The Morgan fingerprint density at radius 3 is 2.25 bits per heavy atom. The van der Waals surface area contributed by atoms with Gasteiger partial charge in [-0.25, -0.2) is 4.79 Å². The van der Waals surface area contributed by atoms with Gasteiger partial charge >= 0.3 is 6.09 Å². The molecule has 1 rings (SSSR count). The van der Waals surface area contributed by atoms with Gasteiger partial charge in [0.25, 0.3) is 0 Å². The molecule has 0 fully saturated rings. The van der Waals surface area contributed by atoms with Crippen LogP contribution in [0.4, 0.5) is 4.79 Å². The fourth-order valence-electron chi connectivity index (χ4n) is 1.77. The number of halogens is 1. The minimum absolute atomic E-state index is 0.249. The Labute approximate surface area is 148 Å². The van der Waals surface area contributed by atoms with Crippen LogP contribution in [0.25, 0.3) is 6.08 Å². The van der Waals surface area contributed by atoms with Crippen LogP contribution in [0.3, 0.4) is 0 Å². The molecule has 0 saturated heterocycles. The zero-order valence-electron chi connectivity index (χ0n) is 14.8. The standard InChI is InChI=1S/C18H25ClN2O3/c1-17(2,3)24-16(23)20-12-18(4,5)21-15(22)11-8-13-6-9-14(19)10-7-13/h6-11H,12H2,1-5H3,(H,20,23)(H,21,22)/b11-8+. The molecule has 0 aliphatic carbocycles.